The van der Waals surface area contributed by atoms with Crippen LogP contribution >= 0.6 is 34.8 Å². The van der Waals surface area contributed by atoms with Crippen molar-refractivity contribution in [3.05, 3.63) is 144 Å². The number of carbonyl (C=O) groups excluding carboxylic acids is 1. The van der Waals surface area contributed by atoms with Crippen molar-refractivity contribution < 1.29 is 33.2 Å². The van der Waals surface area contributed by atoms with E-state index in [9.17, 15) is 4.79 Å². The summed E-state index contributed by atoms with van der Waals surface area (Å²) in [7, 11) is 0. The molecular formula is C36H34Cl3NO7. The Morgan fingerprint density at radius 3 is 1.62 bits per heavy atom. The van der Waals surface area contributed by atoms with E-state index in [2.05, 4.69) is 0 Å². The Hall–Kier alpha value is -3.47. The number of alkyl halides is 3. The van der Waals surface area contributed by atoms with Gasteiger partial charge in [0.2, 0.25) is 12.2 Å². The SMILES string of the molecule is N=C(O[C@H]1O[C@H](COCc2ccccc2)[C@@H](OCc2ccccc2)[C@H](OCc2ccccc2)[C@H]1OC(=O)c1ccccc1)C(Cl)(Cl)Cl. The van der Waals surface area contributed by atoms with Gasteiger partial charge in [0.1, 0.15) is 18.3 Å². The fourth-order valence-electron chi connectivity index (χ4n) is 4.97. The molecule has 8 nitrogen and oxygen atoms in total. The van der Waals surface area contributed by atoms with Gasteiger partial charge in [-0.2, -0.15) is 0 Å². The van der Waals surface area contributed by atoms with E-state index in [1.54, 1.807) is 30.3 Å². The molecule has 1 aliphatic rings. The Bertz CT molecular complexity index is 1540. The molecule has 1 aliphatic heterocycles. The molecule has 47 heavy (non-hydrogen) atoms. The standard InChI is InChI=1S/C36H34Cl3NO7/c37-36(38,39)35(40)47-34-32(46-33(41)28-19-11-4-12-20-28)31(44-23-27-17-9-3-10-18-27)30(43-22-26-15-7-2-8-16-26)29(45-34)24-42-21-25-13-5-1-6-14-25/h1-20,29-32,34,40H,21-24H2/t29-,30-,31+,32-,34-/m1/s1. The Labute approximate surface area is 288 Å². The van der Waals surface area contributed by atoms with Crippen molar-refractivity contribution in [2.45, 2.75) is 54.3 Å². The molecule has 11 heteroatoms. The van der Waals surface area contributed by atoms with Crippen molar-refractivity contribution >= 4 is 46.7 Å². The Morgan fingerprint density at radius 1 is 0.638 bits per heavy atom. The van der Waals surface area contributed by atoms with Crippen LogP contribution in [0.1, 0.15) is 27.0 Å². The third-order valence-corrected chi connectivity index (χ3v) is 7.81. The average molecular weight is 699 g/mol. The van der Waals surface area contributed by atoms with Crippen molar-refractivity contribution in [3.63, 3.8) is 0 Å². The Balaban J connectivity index is 1.49. The number of carbonyl (C=O) groups is 1. The summed E-state index contributed by atoms with van der Waals surface area (Å²) in [4.78, 5) is 13.5. The molecule has 1 fully saturated rings. The smallest absolute Gasteiger partial charge is 0.338 e. The zero-order valence-electron chi connectivity index (χ0n) is 25.3. The largest absolute Gasteiger partial charge is 0.449 e. The van der Waals surface area contributed by atoms with Crippen molar-refractivity contribution in [1.82, 2.24) is 0 Å². The Kier molecular flexibility index (Phi) is 12.7. The molecule has 0 radical (unpaired) electrons. The van der Waals surface area contributed by atoms with Gasteiger partial charge < -0.3 is 28.4 Å². The zero-order chi connectivity index (χ0) is 33.1. The lowest BCUT2D eigenvalue weighted by Gasteiger charge is -2.45. The van der Waals surface area contributed by atoms with Crippen LogP contribution in [0.5, 0.6) is 0 Å². The van der Waals surface area contributed by atoms with E-state index in [4.69, 9.17) is 68.6 Å². The van der Waals surface area contributed by atoms with Gasteiger partial charge in [-0.15, -0.1) is 0 Å². The van der Waals surface area contributed by atoms with Crippen molar-refractivity contribution in [2.75, 3.05) is 6.61 Å². The number of ether oxygens (including phenoxy) is 6. The highest BCUT2D eigenvalue weighted by atomic mass is 35.6. The average Bonchev–Trinajstić information content (AvgIpc) is 3.09. The molecule has 0 unspecified atom stereocenters. The fourth-order valence-corrected chi connectivity index (χ4v) is 5.11. The monoisotopic (exact) mass is 697 g/mol. The first-order valence-corrected chi connectivity index (χ1v) is 16.1. The molecule has 0 aromatic heterocycles. The van der Waals surface area contributed by atoms with Gasteiger partial charge in [-0.25, -0.2) is 4.79 Å². The predicted molar refractivity (Wildman–Crippen MR) is 180 cm³/mol. The molecule has 5 rings (SSSR count). The number of rotatable bonds is 13. The number of esters is 1. The van der Waals surface area contributed by atoms with Gasteiger partial charge in [0.25, 0.3) is 3.79 Å². The summed E-state index contributed by atoms with van der Waals surface area (Å²) in [6, 6.07) is 37.3. The van der Waals surface area contributed by atoms with Crippen molar-refractivity contribution in [1.29, 1.82) is 5.41 Å². The van der Waals surface area contributed by atoms with Crippen molar-refractivity contribution in [3.8, 4) is 0 Å². The summed E-state index contributed by atoms with van der Waals surface area (Å²) in [6.07, 6.45) is -5.30. The molecule has 1 heterocycles. The lowest BCUT2D eigenvalue weighted by atomic mass is 9.97. The normalized spacial score (nSPS) is 21.1. The zero-order valence-corrected chi connectivity index (χ0v) is 27.5. The van der Waals surface area contributed by atoms with Crippen LogP contribution in [0, 0.1) is 5.41 Å². The number of benzene rings is 4. The van der Waals surface area contributed by atoms with Crippen LogP contribution < -0.4 is 0 Å². The van der Waals surface area contributed by atoms with Gasteiger partial charge >= 0.3 is 5.97 Å². The van der Waals surface area contributed by atoms with Gasteiger partial charge in [-0.3, -0.25) is 5.41 Å². The maximum absolute atomic E-state index is 13.5. The molecular weight excluding hydrogens is 665 g/mol. The van der Waals surface area contributed by atoms with Gasteiger partial charge in [0, 0.05) is 0 Å². The third kappa shape index (κ3) is 10.3. The minimum atomic E-state index is -2.21. The van der Waals surface area contributed by atoms with Crippen molar-refractivity contribution in [2.24, 2.45) is 0 Å². The summed E-state index contributed by atoms with van der Waals surface area (Å²) in [5, 5.41) is 8.33. The van der Waals surface area contributed by atoms with E-state index in [0.29, 0.717) is 12.2 Å². The number of halogens is 3. The second kappa shape index (κ2) is 17.1. The Morgan fingerprint density at radius 2 is 1.11 bits per heavy atom. The highest BCUT2D eigenvalue weighted by Gasteiger charge is 2.52. The molecule has 4 aromatic rings. The van der Waals surface area contributed by atoms with E-state index < -0.39 is 46.4 Å². The molecule has 1 N–H and O–H groups in total. The molecule has 0 bridgehead atoms. The summed E-state index contributed by atoms with van der Waals surface area (Å²) >= 11 is 18.0. The van der Waals surface area contributed by atoms with Crippen LogP contribution in [0.4, 0.5) is 0 Å². The number of hydrogen-bond acceptors (Lipinski definition) is 8. The maximum atomic E-state index is 13.5. The molecule has 0 spiro atoms. The van der Waals surface area contributed by atoms with Gasteiger partial charge in [0.15, 0.2) is 6.10 Å². The maximum Gasteiger partial charge on any atom is 0.338 e. The topological polar surface area (TPSA) is 96.3 Å². The molecule has 5 atom stereocenters. The molecule has 0 aliphatic carbocycles. The lowest BCUT2D eigenvalue weighted by Crippen LogP contribution is -2.62. The van der Waals surface area contributed by atoms with Crippen LogP contribution in [-0.2, 0) is 48.2 Å². The van der Waals surface area contributed by atoms with Crippen LogP contribution in [0.15, 0.2) is 121 Å². The van der Waals surface area contributed by atoms with Crippen LogP contribution in [0.25, 0.3) is 0 Å². The summed E-state index contributed by atoms with van der Waals surface area (Å²) < 4.78 is 35.1. The van der Waals surface area contributed by atoms with Gasteiger partial charge in [-0.05, 0) is 28.8 Å². The second-order valence-electron chi connectivity index (χ2n) is 10.7. The van der Waals surface area contributed by atoms with Crippen LogP contribution in [-0.4, -0.2) is 53.0 Å². The minimum Gasteiger partial charge on any atom is -0.449 e. The predicted octanol–water partition coefficient (Wildman–Crippen LogP) is 7.69. The van der Waals surface area contributed by atoms with Gasteiger partial charge in [0.05, 0.1) is 32.0 Å². The highest BCUT2D eigenvalue weighted by molar-refractivity contribution is 6.76. The molecule has 0 amide bonds. The number of nitrogens with one attached hydrogen (secondary N) is 1. The summed E-state index contributed by atoms with van der Waals surface area (Å²) in [6.45, 7) is 0.676. The second-order valence-corrected chi connectivity index (χ2v) is 13.0. The fraction of sp³-hybridized carbons (Fsp3) is 0.278. The molecule has 1 saturated heterocycles. The van der Waals surface area contributed by atoms with Gasteiger partial charge in [-0.1, -0.05) is 144 Å². The van der Waals surface area contributed by atoms with E-state index >= 15 is 0 Å². The highest BCUT2D eigenvalue weighted by Crippen LogP contribution is 2.34. The van der Waals surface area contributed by atoms with E-state index in [0.717, 1.165) is 16.7 Å². The summed E-state index contributed by atoms with van der Waals surface area (Å²) in [5.41, 5.74) is 3.03. The first-order valence-electron chi connectivity index (χ1n) is 14.9. The third-order valence-electron chi connectivity index (χ3n) is 7.30. The summed E-state index contributed by atoms with van der Waals surface area (Å²) in [5.74, 6) is -1.38. The molecule has 4 aromatic carbocycles. The van der Waals surface area contributed by atoms with E-state index in [-0.39, 0.29) is 19.8 Å². The van der Waals surface area contributed by atoms with Crippen LogP contribution in [0.2, 0.25) is 0 Å². The first-order chi connectivity index (χ1) is 22.8. The van der Waals surface area contributed by atoms with Crippen LogP contribution in [0.3, 0.4) is 0 Å². The van der Waals surface area contributed by atoms with E-state index in [1.807, 2.05) is 91.0 Å². The minimum absolute atomic E-state index is 0.0415. The number of hydrogen-bond donors (Lipinski definition) is 1. The van der Waals surface area contributed by atoms with E-state index in [1.165, 1.54) is 0 Å². The lowest BCUT2D eigenvalue weighted by molar-refractivity contribution is -0.302. The quantitative estimate of drug-likeness (QED) is 0.0662. The first kappa shape index (κ1) is 34.9. The molecule has 0 saturated carbocycles. The molecule has 246 valence electrons.